The lowest BCUT2D eigenvalue weighted by Gasteiger charge is -2.17. The summed E-state index contributed by atoms with van der Waals surface area (Å²) in [6.07, 6.45) is 4.04. The minimum absolute atomic E-state index is 0.0631. The highest BCUT2D eigenvalue weighted by atomic mass is 16.5. The maximum Gasteiger partial charge on any atom is 0.246 e. The Balaban J connectivity index is 1.93. The maximum atomic E-state index is 11.6. The fourth-order valence-electron chi connectivity index (χ4n) is 2.90. The smallest absolute Gasteiger partial charge is 0.246 e. The summed E-state index contributed by atoms with van der Waals surface area (Å²) in [5.74, 6) is -0.135. The Morgan fingerprint density at radius 2 is 2.45 bits per heavy atom. The molecule has 22 heavy (non-hydrogen) atoms. The van der Waals surface area contributed by atoms with E-state index in [0.29, 0.717) is 6.54 Å². The molecule has 1 saturated heterocycles. The zero-order chi connectivity index (χ0) is 15.5. The van der Waals surface area contributed by atoms with Crippen LogP contribution in [0, 0.1) is 6.92 Å². The Morgan fingerprint density at radius 3 is 3.18 bits per heavy atom. The molecule has 0 aromatic carbocycles. The summed E-state index contributed by atoms with van der Waals surface area (Å²) in [4.78, 5) is 16.1. The Morgan fingerprint density at radius 1 is 1.59 bits per heavy atom. The second-order valence-electron chi connectivity index (χ2n) is 5.58. The average Bonchev–Trinajstić information content (AvgIpc) is 3.13. The van der Waals surface area contributed by atoms with Gasteiger partial charge in [0.15, 0.2) is 5.65 Å². The molecule has 3 rings (SSSR count). The lowest BCUT2D eigenvalue weighted by molar-refractivity contribution is -0.124. The molecule has 1 fully saturated rings. The van der Waals surface area contributed by atoms with Crippen LogP contribution in [-0.2, 0) is 16.1 Å². The van der Waals surface area contributed by atoms with E-state index in [9.17, 15) is 4.79 Å². The average molecular weight is 303 g/mol. The first-order valence-corrected chi connectivity index (χ1v) is 7.52. The monoisotopic (exact) mass is 303 g/mol. The third kappa shape index (κ3) is 2.95. The largest absolute Gasteiger partial charge is 0.375 e. The van der Waals surface area contributed by atoms with Crippen LogP contribution in [0.15, 0.2) is 12.3 Å². The van der Waals surface area contributed by atoms with E-state index in [1.165, 1.54) is 7.11 Å². The number of hydrogen-bond donors (Lipinski definition) is 2. The topological polar surface area (TPSA) is 80.5 Å². The van der Waals surface area contributed by atoms with Crippen LogP contribution in [0.4, 0.5) is 0 Å². The highest BCUT2D eigenvalue weighted by Crippen LogP contribution is 2.26. The molecule has 0 bridgehead atoms. The first kappa shape index (κ1) is 14.9. The van der Waals surface area contributed by atoms with Gasteiger partial charge in [0.1, 0.15) is 6.61 Å². The molecule has 0 spiro atoms. The van der Waals surface area contributed by atoms with Crippen molar-refractivity contribution in [2.24, 2.45) is 0 Å². The number of amides is 1. The maximum absolute atomic E-state index is 11.6. The molecule has 0 aliphatic carbocycles. The molecular weight excluding hydrogens is 282 g/mol. The van der Waals surface area contributed by atoms with E-state index in [4.69, 9.17) is 4.74 Å². The third-order valence-corrected chi connectivity index (χ3v) is 3.86. The van der Waals surface area contributed by atoms with E-state index in [1.54, 1.807) is 0 Å². The number of ether oxygens (including phenoxy) is 1. The van der Waals surface area contributed by atoms with Crippen molar-refractivity contribution in [3.8, 4) is 0 Å². The molecule has 1 aliphatic heterocycles. The lowest BCUT2D eigenvalue weighted by atomic mass is 10.1. The summed E-state index contributed by atoms with van der Waals surface area (Å²) in [6.45, 7) is 3.45. The van der Waals surface area contributed by atoms with Crippen LogP contribution in [-0.4, -0.2) is 40.8 Å². The number of carbonyl (C=O) groups is 1. The minimum atomic E-state index is -0.135. The predicted molar refractivity (Wildman–Crippen MR) is 81.4 cm³/mol. The number of nitrogens with one attached hydrogen (secondary N) is 2. The Labute approximate surface area is 129 Å². The molecule has 0 radical (unpaired) electrons. The summed E-state index contributed by atoms with van der Waals surface area (Å²) in [5.41, 5.74) is 3.85. The van der Waals surface area contributed by atoms with Crippen molar-refractivity contribution in [1.82, 2.24) is 25.2 Å². The molecule has 3 heterocycles. The number of fused-ring (bicyclic) bond motifs is 1. The van der Waals surface area contributed by atoms with Gasteiger partial charge in [-0.3, -0.25) is 4.79 Å². The summed E-state index contributed by atoms with van der Waals surface area (Å²) >= 11 is 0. The number of carbonyl (C=O) groups excluding carboxylic acids is 1. The van der Waals surface area contributed by atoms with Crippen molar-refractivity contribution < 1.29 is 9.53 Å². The van der Waals surface area contributed by atoms with Gasteiger partial charge >= 0.3 is 0 Å². The molecule has 1 unspecified atom stereocenters. The predicted octanol–water partition coefficient (Wildman–Crippen LogP) is 0.725. The van der Waals surface area contributed by atoms with Gasteiger partial charge in [0.2, 0.25) is 5.91 Å². The first-order chi connectivity index (χ1) is 10.7. The number of aryl methyl sites for hydroxylation is 1. The molecule has 1 amide bonds. The quantitative estimate of drug-likeness (QED) is 0.851. The van der Waals surface area contributed by atoms with E-state index in [2.05, 4.69) is 20.7 Å². The van der Waals surface area contributed by atoms with Gasteiger partial charge in [-0.05, 0) is 26.3 Å². The highest BCUT2D eigenvalue weighted by Gasteiger charge is 2.23. The standard InChI is InChI=1S/C15H21N5O2/c1-10-6-13-17-7-11(8-18-14(21)9-22-2)15(20(13)19-10)12-4-3-5-16-12/h6-7,12,16H,3-5,8-9H2,1-2H3,(H,18,21). The molecule has 2 aromatic heterocycles. The second-order valence-corrected chi connectivity index (χ2v) is 5.58. The van der Waals surface area contributed by atoms with Gasteiger partial charge in [-0.1, -0.05) is 0 Å². The Hall–Kier alpha value is -1.99. The number of nitrogens with zero attached hydrogens (tertiary/aromatic N) is 3. The summed E-state index contributed by atoms with van der Waals surface area (Å²) in [7, 11) is 1.51. The zero-order valence-corrected chi connectivity index (χ0v) is 12.9. The van der Waals surface area contributed by atoms with Gasteiger partial charge in [0.25, 0.3) is 0 Å². The van der Waals surface area contributed by atoms with E-state index >= 15 is 0 Å². The van der Waals surface area contributed by atoms with Gasteiger partial charge in [-0.2, -0.15) is 5.10 Å². The molecule has 2 aromatic rings. The van der Waals surface area contributed by atoms with E-state index in [1.807, 2.05) is 23.7 Å². The van der Waals surface area contributed by atoms with Crippen molar-refractivity contribution in [2.75, 3.05) is 20.3 Å². The number of aromatic nitrogens is 3. The molecular formula is C15H21N5O2. The SMILES string of the molecule is COCC(=O)NCc1cnc2cc(C)nn2c1C1CCCN1. The van der Waals surface area contributed by atoms with Crippen LogP contribution < -0.4 is 10.6 Å². The molecule has 2 N–H and O–H groups in total. The van der Waals surface area contributed by atoms with Gasteiger partial charge in [0.05, 0.1) is 17.4 Å². The molecule has 1 aliphatic rings. The summed E-state index contributed by atoms with van der Waals surface area (Å²) in [5, 5.41) is 10.9. The van der Waals surface area contributed by atoms with Crippen LogP contribution in [0.25, 0.3) is 5.65 Å². The fraction of sp³-hybridized carbons (Fsp3) is 0.533. The van der Waals surface area contributed by atoms with E-state index < -0.39 is 0 Å². The minimum Gasteiger partial charge on any atom is -0.375 e. The fourth-order valence-corrected chi connectivity index (χ4v) is 2.90. The van der Waals surface area contributed by atoms with Gasteiger partial charge in [-0.15, -0.1) is 0 Å². The zero-order valence-electron chi connectivity index (χ0n) is 12.9. The molecule has 7 heteroatoms. The lowest BCUT2D eigenvalue weighted by Crippen LogP contribution is -2.28. The summed E-state index contributed by atoms with van der Waals surface area (Å²) in [6, 6.07) is 2.21. The van der Waals surface area contributed by atoms with Crippen LogP contribution in [0.2, 0.25) is 0 Å². The van der Waals surface area contributed by atoms with Crippen LogP contribution >= 0.6 is 0 Å². The van der Waals surface area contributed by atoms with Crippen LogP contribution in [0.5, 0.6) is 0 Å². The summed E-state index contributed by atoms with van der Waals surface area (Å²) < 4.78 is 6.74. The van der Waals surface area contributed by atoms with Gasteiger partial charge in [0, 0.05) is 31.5 Å². The highest BCUT2D eigenvalue weighted by molar-refractivity contribution is 5.77. The van der Waals surface area contributed by atoms with E-state index in [-0.39, 0.29) is 18.6 Å². The molecule has 118 valence electrons. The molecule has 1 atom stereocenters. The number of hydrogen-bond acceptors (Lipinski definition) is 5. The van der Waals surface area contributed by atoms with Crippen LogP contribution in [0.3, 0.4) is 0 Å². The first-order valence-electron chi connectivity index (χ1n) is 7.52. The number of rotatable bonds is 5. The third-order valence-electron chi connectivity index (χ3n) is 3.86. The molecule has 0 saturated carbocycles. The van der Waals surface area contributed by atoms with Crippen molar-refractivity contribution in [3.05, 3.63) is 29.2 Å². The normalized spacial score (nSPS) is 18.0. The van der Waals surface area contributed by atoms with E-state index in [0.717, 1.165) is 42.0 Å². The number of methoxy groups -OCH3 is 1. The Bertz CT molecular complexity index is 676. The Kier molecular flexibility index (Phi) is 4.35. The van der Waals surface area contributed by atoms with Gasteiger partial charge < -0.3 is 15.4 Å². The van der Waals surface area contributed by atoms with Crippen molar-refractivity contribution in [1.29, 1.82) is 0 Å². The second kappa shape index (κ2) is 6.41. The molecule has 7 nitrogen and oxygen atoms in total. The van der Waals surface area contributed by atoms with Crippen molar-refractivity contribution in [3.63, 3.8) is 0 Å². The van der Waals surface area contributed by atoms with Crippen LogP contribution in [0.1, 0.15) is 35.8 Å². The van der Waals surface area contributed by atoms with Crippen molar-refractivity contribution in [2.45, 2.75) is 32.4 Å². The van der Waals surface area contributed by atoms with Crippen molar-refractivity contribution >= 4 is 11.6 Å². The van der Waals surface area contributed by atoms with Gasteiger partial charge in [-0.25, -0.2) is 9.50 Å².